The predicted molar refractivity (Wildman–Crippen MR) is 78.4 cm³/mol. The monoisotopic (exact) mass is 291 g/mol. The minimum Gasteiger partial charge on any atom is -0.335 e. The molecular weight excluding hydrogens is 277 g/mol. The molecule has 0 spiro atoms. The van der Waals surface area contributed by atoms with Crippen LogP contribution in [-0.2, 0) is 0 Å². The largest absolute Gasteiger partial charge is 0.335 e. The number of hydrogen-bond acceptors (Lipinski definition) is 1. The van der Waals surface area contributed by atoms with E-state index in [-0.39, 0.29) is 17.5 Å². The Kier molecular flexibility index (Phi) is 4.40. The average Bonchev–Trinajstić information content (AvgIpc) is 2.48. The molecule has 2 aromatic carbocycles. The van der Waals surface area contributed by atoms with Gasteiger partial charge in [0.05, 0.1) is 11.6 Å². The number of halogens is 2. The molecule has 0 saturated carbocycles. The molecule has 0 radical (unpaired) electrons. The summed E-state index contributed by atoms with van der Waals surface area (Å²) in [5.41, 5.74) is 0.980. The minimum atomic E-state index is -0.563. The Morgan fingerprint density at radius 2 is 1.85 bits per heavy atom. The molecule has 1 atom stereocenters. The van der Waals surface area contributed by atoms with E-state index in [4.69, 9.17) is 11.6 Å². The zero-order valence-electron chi connectivity index (χ0n) is 11.3. The molecule has 4 heteroatoms. The third-order valence-electron chi connectivity index (χ3n) is 3.34. The molecule has 0 aromatic heterocycles. The molecular formula is C16H15ClFNO. The van der Waals surface area contributed by atoms with Gasteiger partial charge in [0, 0.05) is 12.1 Å². The van der Waals surface area contributed by atoms with E-state index in [2.05, 4.69) is 0 Å². The summed E-state index contributed by atoms with van der Waals surface area (Å²) in [4.78, 5) is 13.9. The van der Waals surface area contributed by atoms with E-state index in [1.165, 1.54) is 23.1 Å². The lowest BCUT2D eigenvalue weighted by Gasteiger charge is -2.25. The highest BCUT2D eigenvalue weighted by Gasteiger charge is 2.21. The molecule has 0 aliphatic heterocycles. The van der Waals surface area contributed by atoms with E-state index in [1.807, 2.05) is 37.3 Å². The van der Waals surface area contributed by atoms with Crippen LogP contribution in [0.2, 0.25) is 5.02 Å². The van der Waals surface area contributed by atoms with Gasteiger partial charge in [-0.1, -0.05) is 41.9 Å². The van der Waals surface area contributed by atoms with Gasteiger partial charge in [0.2, 0.25) is 0 Å². The van der Waals surface area contributed by atoms with Gasteiger partial charge < -0.3 is 4.90 Å². The first-order chi connectivity index (χ1) is 9.50. The number of rotatable bonds is 3. The molecule has 2 rings (SSSR count). The molecule has 0 heterocycles. The Morgan fingerprint density at radius 3 is 2.50 bits per heavy atom. The van der Waals surface area contributed by atoms with Gasteiger partial charge in [0.25, 0.3) is 5.91 Å². The van der Waals surface area contributed by atoms with Crippen LogP contribution < -0.4 is 0 Å². The van der Waals surface area contributed by atoms with Gasteiger partial charge in [-0.25, -0.2) is 4.39 Å². The van der Waals surface area contributed by atoms with Crippen molar-refractivity contribution in [3.05, 3.63) is 70.5 Å². The SMILES string of the molecule is CC(c1ccccc1)N(C)C(=O)c1cc(Cl)ccc1F. The Bertz CT molecular complexity index is 615. The molecule has 0 bridgehead atoms. The summed E-state index contributed by atoms with van der Waals surface area (Å²) in [5, 5.41) is 0.343. The number of carbonyl (C=O) groups is 1. The van der Waals surface area contributed by atoms with Crippen LogP contribution in [0.5, 0.6) is 0 Å². The second-order valence-electron chi connectivity index (χ2n) is 4.63. The zero-order chi connectivity index (χ0) is 14.7. The fourth-order valence-electron chi connectivity index (χ4n) is 1.98. The van der Waals surface area contributed by atoms with E-state index in [9.17, 15) is 9.18 Å². The highest BCUT2D eigenvalue weighted by atomic mass is 35.5. The molecule has 20 heavy (non-hydrogen) atoms. The number of carbonyl (C=O) groups excluding carboxylic acids is 1. The van der Waals surface area contributed by atoms with E-state index < -0.39 is 5.82 Å². The molecule has 1 amide bonds. The van der Waals surface area contributed by atoms with Crippen LogP contribution in [0.4, 0.5) is 4.39 Å². The maximum absolute atomic E-state index is 13.7. The maximum Gasteiger partial charge on any atom is 0.257 e. The smallest absolute Gasteiger partial charge is 0.257 e. The van der Waals surface area contributed by atoms with E-state index in [0.29, 0.717) is 5.02 Å². The Hall–Kier alpha value is -1.87. The number of amides is 1. The molecule has 0 aliphatic rings. The first-order valence-corrected chi connectivity index (χ1v) is 6.65. The normalized spacial score (nSPS) is 12.0. The first-order valence-electron chi connectivity index (χ1n) is 6.28. The predicted octanol–water partition coefficient (Wildman–Crippen LogP) is 4.31. The van der Waals surface area contributed by atoms with Gasteiger partial charge in [0.1, 0.15) is 5.82 Å². The third-order valence-corrected chi connectivity index (χ3v) is 3.58. The molecule has 2 nitrogen and oxygen atoms in total. The van der Waals surface area contributed by atoms with Crippen molar-refractivity contribution in [2.75, 3.05) is 7.05 Å². The van der Waals surface area contributed by atoms with E-state index in [1.54, 1.807) is 7.05 Å². The van der Waals surface area contributed by atoms with Crippen molar-refractivity contribution in [2.24, 2.45) is 0 Å². The van der Waals surface area contributed by atoms with Crippen molar-refractivity contribution in [2.45, 2.75) is 13.0 Å². The second kappa shape index (κ2) is 6.06. The summed E-state index contributed by atoms with van der Waals surface area (Å²) in [6, 6.07) is 13.4. The quantitative estimate of drug-likeness (QED) is 0.825. The summed E-state index contributed by atoms with van der Waals surface area (Å²) < 4.78 is 13.7. The fraction of sp³-hybridized carbons (Fsp3) is 0.188. The fourth-order valence-corrected chi connectivity index (χ4v) is 2.15. The number of nitrogens with zero attached hydrogens (tertiary/aromatic N) is 1. The van der Waals surface area contributed by atoms with Crippen molar-refractivity contribution < 1.29 is 9.18 Å². The molecule has 0 fully saturated rings. The van der Waals surface area contributed by atoms with Crippen LogP contribution in [0.15, 0.2) is 48.5 Å². The van der Waals surface area contributed by atoms with Crippen molar-refractivity contribution in [1.29, 1.82) is 0 Å². The van der Waals surface area contributed by atoms with Crippen LogP contribution in [0.3, 0.4) is 0 Å². The van der Waals surface area contributed by atoms with Crippen LogP contribution in [-0.4, -0.2) is 17.9 Å². The van der Waals surface area contributed by atoms with Crippen LogP contribution in [0.1, 0.15) is 28.9 Å². The highest BCUT2D eigenvalue weighted by Crippen LogP contribution is 2.23. The average molecular weight is 292 g/mol. The molecule has 0 N–H and O–H groups in total. The van der Waals surface area contributed by atoms with E-state index in [0.717, 1.165) is 5.56 Å². The third kappa shape index (κ3) is 2.99. The van der Waals surface area contributed by atoms with Crippen molar-refractivity contribution in [1.82, 2.24) is 4.90 Å². The molecule has 104 valence electrons. The lowest BCUT2D eigenvalue weighted by atomic mass is 10.1. The summed E-state index contributed by atoms with van der Waals surface area (Å²) >= 11 is 5.82. The topological polar surface area (TPSA) is 20.3 Å². The van der Waals surface area contributed by atoms with Gasteiger partial charge >= 0.3 is 0 Å². The lowest BCUT2D eigenvalue weighted by Crippen LogP contribution is -2.30. The van der Waals surface area contributed by atoms with Gasteiger partial charge in [-0.15, -0.1) is 0 Å². The van der Waals surface area contributed by atoms with Gasteiger partial charge in [-0.05, 0) is 30.7 Å². The highest BCUT2D eigenvalue weighted by molar-refractivity contribution is 6.31. The Balaban J connectivity index is 2.27. The first kappa shape index (κ1) is 14.5. The zero-order valence-corrected chi connectivity index (χ0v) is 12.1. The summed E-state index contributed by atoms with van der Waals surface area (Å²) in [6.07, 6.45) is 0. The van der Waals surface area contributed by atoms with Crippen molar-refractivity contribution in [3.63, 3.8) is 0 Å². The van der Waals surface area contributed by atoms with Crippen molar-refractivity contribution >= 4 is 17.5 Å². The molecule has 0 aliphatic carbocycles. The minimum absolute atomic E-state index is 0.0113. The van der Waals surface area contributed by atoms with Crippen molar-refractivity contribution in [3.8, 4) is 0 Å². The van der Waals surface area contributed by atoms with Gasteiger partial charge in [-0.3, -0.25) is 4.79 Å². The van der Waals surface area contributed by atoms with Gasteiger partial charge in [0.15, 0.2) is 0 Å². The van der Waals surface area contributed by atoms with Gasteiger partial charge in [-0.2, -0.15) is 0 Å². The molecule has 0 saturated heterocycles. The maximum atomic E-state index is 13.7. The molecule has 1 unspecified atom stereocenters. The number of hydrogen-bond donors (Lipinski definition) is 0. The Labute approximate surface area is 122 Å². The second-order valence-corrected chi connectivity index (χ2v) is 5.06. The summed E-state index contributed by atoms with van der Waals surface area (Å²) in [5.74, 6) is -0.951. The van der Waals surface area contributed by atoms with Crippen LogP contribution in [0.25, 0.3) is 0 Å². The van der Waals surface area contributed by atoms with E-state index >= 15 is 0 Å². The Morgan fingerprint density at radius 1 is 1.20 bits per heavy atom. The van der Waals surface area contributed by atoms with Crippen LogP contribution in [0, 0.1) is 5.82 Å². The standard InChI is InChI=1S/C16H15ClFNO/c1-11(12-6-4-3-5-7-12)19(2)16(20)14-10-13(17)8-9-15(14)18/h3-11H,1-2H3. The summed E-state index contributed by atoms with van der Waals surface area (Å²) in [6.45, 7) is 1.90. The lowest BCUT2D eigenvalue weighted by molar-refractivity contribution is 0.0738. The summed E-state index contributed by atoms with van der Waals surface area (Å²) in [7, 11) is 1.65. The molecule has 2 aromatic rings. The van der Waals surface area contributed by atoms with Crippen LogP contribution >= 0.6 is 11.6 Å². The number of benzene rings is 2.